The van der Waals surface area contributed by atoms with Gasteiger partial charge in [0.15, 0.2) is 0 Å². The number of hydrogen-bond acceptors (Lipinski definition) is 7. The molecule has 136 valence electrons. The second kappa shape index (κ2) is 7.01. The number of furan rings is 1. The van der Waals surface area contributed by atoms with Crippen LogP contribution in [-0.2, 0) is 11.3 Å². The summed E-state index contributed by atoms with van der Waals surface area (Å²) in [5.41, 5.74) is 0.521. The van der Waals surface area contributed by atoms with Crippen LogP contribution in [0.2, 0.25) is 0 Å². The van der Waals surface area contributed by atoms with E-state index in [1.54, 1.807) is 49.8 Å². The van der Waals surface area contributed by atoms with Crippen molar-refractivity contribution in [3.05, 3.63) is 69.4 Å². The van der Waals surface area contributed by atoms with Crippen molar-refractivity contribution >= 4 is 51.7 Å². The van der Waals surface area contributed by atoms with Crippen molar-refractivity contribution < 1.29 is 9.21 Å². The van der Waals surface area contributed by atoms with Crippen LogP contribution in [0.3, 0.4) is 0 Å². The average Bonchev–Trinajstić information content (AvgIpc) is 3.27. The maximum Gasteiger partial charge on any atom is 0.267 e. The molecule has 3 aromatic heterocycles. The first kappa shape index (κ1) is 17.5. The van der Waals surface area contributed by atoms with Gasteiger partial charge in [-0.3, -0.25) is 18.9 Å². The van der Waals surface area contributed by atoms with Gasteiger partial charge in [-0.05, 0) is 30.3 Å². The van der Waals surface area contributed by atoms with Crippen LogP contribution in [0.15, 0.2) is 56.9 Å². The number of thiocarbonyl (C=S) groups is 1. The molecule has 0 atom stereocenters. The molecule has 4 heterocycles. The number of nitrogens with zero attached hydrogens (tertiary/aromatic N) is 3. The standard InChI is InChI=1S/C18H14N4O3S2/c1-21-17(24)13(27-18(21)26)9-12-15(19-10-11-5-4-8-25-11)20-14-6-2-3-7-22(14)16(12)23/h2-9,19H,10H2,1H3/b13-9+. The van der Waals surface area contributed by atoms with Crippen LogP contribution in [-0.4, -0.2) is 31.6 Å². The van der Waals surface area contributed by atoms with Crippen molar-refractivity contribution in [1.82, 2.24) is 14.3 Å². The molecule has 1 saturated heterocycles. The van der Waals surface area contributed by atoms with Crippen molar-refractivity contribution in [2.45, 2.75) is 6.54 Å². The Kier molecular flexibility index (Phi) is 4.54. The van der Waals surface area contributed by atoms with Crippen molar-refractivity contribution in [3.63, 3.8) is 0 Å². The number of carbonyl (C=O) groups excluding carboxylic acids is 1. The highest BCUT2D eigenvalue weighted by atomic mass is 32.2. The van der Waals surface area contributed by atoms with Gasteiger partial charge in [0.05, 0.1) is 23.3 Å². The summed E-state index contributed by atoms with van der Waals surface area (Å²) in [5, 5.41) is 3.13. The molecular formula is C18H14N4O3S2. The molecule has 1 aliphatic heterocycles. The normalized spacial score (nSPS) is 15.9. The molecule has 0 unspecified atom stereocenters. The van der Waals surface area contributed by atoms with Crippen LogP contribution in [0.4, 0.5) is 5.82 Å². The molecule has 3 aromatic rings. The smallest absolute Gasteiger partial charge is 0.267 e. The van der Waals surface area contributed by atoms with Gasteiger partial charge in [0.2, 0.25) is 0 Å². The third-order valence-electron chi connectivity index (χ3n) is 4.04. The first-order valence-corrected chi connectivity index (χ1v) is 9.26. The van der Waals surface area contributed by atoms with Crippen LogP contribution in [0.5, 0.6) is 0 Å². The second-order valence-electron chi connectivity index (χ2n) is 5.78. The summed E-state index contributed by atoms with van der Waals surface area (Å²) in [6, 6.07) is 8.91. The fourth-order valence-corrected chi connectivity index (χ4v) is 3.79. The fraction of sp³-hybridized carbons (Fsp3) is 0.111. The first-order chi connectivity index (χ1) is 13.0. The highest BCUT2D eigenvalue weighted by Crippen LogP contribution is 2.31. The minimum Gasteiger partial charge on any atom is -0.467 e. The molecule has 27 heavy (non-hydrogen) atoms. The molecule has 0 radical (unpaired) electrons. The number of pyridine rings is 1. The maximum absolute atomic E-state index is 13.0. The topological polar surface area (TPSA) is 79.8 Å². The van der Waals surface area contributed by atoms with Gasteiger partial charge in [0.25, 0.3) is 11.5 Å². The quantitative estimate of drug-likeness (QED) is 0.535. The molecule has 1 fully saturated rings. The van der Waals surface area contributed by atoms with Gasteiger partial charge in [-0.25, -0.2) is 4.98 Å². The van der Waals surface area contributed by atoms with E-state index in [4.69, 9.17) is 16.6 Å². The zero-order valence-corrected chi connectivity index (χ0v) is 15.8. The summed E-state index contributed by atoms with van der Waals surface area (Å²) in [4.78, 5) is 31.7. The van der Waals surface area contributed by atoms with E-state index in [0.717, 1.165) is 11.8 Å². The fourth-order valence-electron chi connectivity index (χ4n) is 2.63. The molecule has 7 nitrogen and oxygen atoms in total. The summed E-state index contributed by atoms with van der Waals surface area (Å²) in [6.45, 7) is 0.359. The Morgan fingerprint density at radius 1 is 1.30 bits per heavy atom. The average molecular weight is 398 g/mol. The Hall–Kier alpha value is -2.91. The molecule has 1 N–H and O–H groups in total. The summed E-state index contributed by atoms with van der Waals surface area (Å²) >= 11 is 6.32. The minimum atomic E-state index is -0.274. The number of anilines is 1. The van der Waals surface area contributed by atoms with E-state index in [2.05, 4.69) is 10.3 Å². The molecule has 1 aliphatic rings. The number of likely N-dealkylation sites (N-methyl/N-ethyl adjacent to an activating group) is 1. The largest absolute Gasteiger partial charge is 0.467 e. The molecule has 0 aliphatic carbocycles. The number of rotatable bonds is 4. The lowest BCUT2D eigenvalue weighted by atomic mass is 10.2. The zero-order chi connectivity index (χ0) is 19.0. The number of aromatic nitrogens is 2. The van der Waals surface area contributed by atoms with E-state index in [0.29, 0.717) is 38.6 Å². The van der Waals surface area contributed by atoms with Gasteiger partial charge in [-0.1, -0.05) is 30.0 Å². The molecule has 9 heteroatoms. The Morgan fingerprint density at radius 3 is 2.85 bits per heavy atom. The van der Waals surface area contributed by atoms with Crippen LogP contribution in [0.25, 0.3) is 11.7 Å². The molecular weight excluding hydrogens is 384 g/mol. The second-order valence-corrected chi connectivity index (χ2v) is 7.46. The number of hydrogen-bond donors (Lipinski definition) is 1. The van der Waals surface area contributed by atoms with Gasteiger partial charge < -0.3 is 9.73 Å². The maximum atomic E-state index is 13.0. The Morgan fingerprint density at radius 2 is 2.15 bits per heavy atom. The molecule has 0 aromatic carbocycles. The number of fused-ring (bicyclic) bond motifs is 1. The zero-order valence-electron chi connectivity index (χ0n) is 14.2. The van der Waals surface area contributed by atoms with Crippen LogP contribution >= 0.6 is 24.0 Å². The van der Waals surface area contributed by atoms with Crippen LogP contribution in [0.1, 0.15) is 11.3 Å². The highest BCUT2D eigenvalue weighted by Gasteiger charge is 2.29. The molecule has 0 saturated carbocycles. The van der Waals surface area contributed by atoms with E-state index in [-0.39, 0.29) is 11.5 Å². The molecule has 0 bridgehead atoms. The highest BCUT2D eigenvalue weighted by molar-refractivity contribution is 8.26. The van der Waals surface area contributed by atoms with E-state index in [1.165, 1.54) is 9.30 Å². The summed E-state index contributed by atoms with van der Waals surface area (Å²) in [5.74, 6) is 0.847. The molecule has 4 rings (SSSR count). The van der Waals surface area contributed by atoms with Gasteiger partial charge in [0, 0.05) is 13.2 Å². The summed E-state index contributed by atoms with van der Waals surface area (Å²) in [6.07, 6.45) is 4.76. The number of nitrogens with one attached hydrogen (secondary N) is 1. The Labute approximate surface area is 163 Å². The predicted octanol–water partition coefficient (Wildman–Crippen LogP) is 2.73. The van der Waals surface area contributed by atoms with Crippen LogP contribution < -0.4 is 10.9 Å². The summed E-state index contributed by atoms with van der Waals surface area (Å²) < 4.78 is 7.21. The van der Waals surface area contributed by atoms with Gasteiger partial charge in [0.1, 0.15) is 21.5 Å². The van der Waals surface area contributed by atoms with Crippen LogP contribution in [0, 0.1) is 0 Å². The SMILES string of the molecule is CN1C(=O)/C(=C\c2c(NCc3ccco3)nc3ccccn3c2=O)SC1=S. The molecule has 1 amide bonds. The number of carbonyl (C=O) groups is 1. The Balaban J connectivity index is 1.82. The lowest BCUT2D eigenvalue weighted by Crippen LogP contribution is -2.23. The molecule has 0 spiro atoms. The van der Waals surface area contributed by atoms with E-state index < -0.39 is 0 Å². The van der Waals surface area contributed by atoms with Crippen molar-refractivity contribution in [2.24, 2.45) is 0 Å². The van der Waals surface area contributed by atoms with Crippen molar-refractivity contribution in [1.29, 1.82) is 0 Å². The minimum absolute atomic E-state index is 0.237. The lowest BCUT2D eigenvalue weighted by Gasteiger charge is -2.10. The van der Waals surface area contributed by atoms with Gasteiger partial charge in [-0.15, -0.1) is 0 Å². The number of thioether (sulfide) groups is 1. The van der Waals surface area contributed by atoms with Crippen molar-refractivity contribution in [3.8, 4) is 0 Å². The van der Waals surface area contributed by atoms with E-state index in [9.17, 15) is 9.59 Å². The van der Waals surface area contributed by atoms with E-state index >= 15 is 0 Å². The first-order valence-electron chi connectivity index (χ1n) is 8.04. The lowest BCUT2D eigenvalue weighted by molar-refractivity contribution is -0.121. The van der Waals surface area contributed by atoms with Gasteiger partial charge in [-0.2, -0.15) is 0 Å². The summed E-state index contributed by atoms with van der Waals surface area (Å²) in [7, 11) is 1.61. The third kappa shape index (κ3) is 3.26. The third-order valence-corrected chi connectivity index (χ3v) is 5.53. The van der Waals surface area contributed by atoms with Gasteiger partial charge >= 0.3 is 0 Å². The predicted molar refractivity (Wildman–Crippen MR) is 108 cm³/mol. The number of amides is 1. The Bertz CT molecular complexity index is 1140. The van der Waals surface area contributed by atoms with E-state index in [1.807, 2.05) is 6.07 Å². The van der Waals surface area contributed by atoms with Crippen molar-refractivity contribution in [2.75, 3.05) is 12.4 Å². The monoisotopic (exact) mass is 398 g/mol.